The van der Waals surface area contributed by atoms with Gasteiger partial charge in [0.05, 0.1) is 6.61 Å². The number of nitrogens with one attached hydrogen (secondary N) is 1. The molecular weight excluding hydrogens is 418 g/mol. The molecule has 0 aromatic heterocycles. The molecule has 6 nitrogen and oxygen atoms in total. The van der Waals surface area contributed by atoms with Crippen LogP contribution >= 0.6 is 0 Å². The van der Waals surface area contributed by atoms with Crippen LogP contribution in [-0.2, 0) is 20.8 Å². The Labute approximate surface area is 194 Å². The molecule has 3 rings (SSSR count). The smallest absolute Gasteiger partial charge is 0.333 e. The maximum atomic E-state index is 11.3. The number of ether oxygens (including phenoxy) is 2. The van der Waals surface area contributed by atoms with Crippen molar-refractivity contribution in [2.75, 3.05) is 13.2 Å². The van der Waals surface area contributed by atoms with Gasteiger partial charge in [0, 0.05) is 18.6 Å². The fourth-order valence-corrected chi connectivity index (χ4v) is 3.24. The van der Waals surface area contributed by atoms with Crippen LogP contribution in [0.25, 0.3) is 16.8 Å². The first-order chi connectivity index (χ1) is 16.1. The van der Waals surface area contributed by atoms with Crippen molar-refractivity contribution in [3.63, 3.8) is 0 Å². The standard InChI is InChI=1S/C27H29NO5/c1-3-31-26(27(29)30)18-20-10-16-24(17-11-20)32-19-25(28-33-4-2)23-14-12-22(13-15-23)21-8-6-5-7-9-21/h5-17,19,26,28H,3-4,18H2,1-2H3,(H,29,30). The molecule has 0 aliphatic carbocycles. The van der Waals surface area contributed by atoms with Gasteiger partial charge in [0.15, 0.2) is 6.10 Å². The van der Waals surface area contributed by atoms with Crippen molar-refractivity contribution in [3.05, 3.63) is 96.3 Å². The van der Waals surface area contributed by atoms with Crippen molar-refractivity contribution in [2.24, 2.45) is 0 Å². The van der Waals surface area contributed by atoms with Crippen LogP contribution in [0.2, 0.25) is 0 Å². The molecule has 0 amide bonds. The van der Waals surface area contributed by atoms with E-state index in [1.54, 1.807) is 25.3 Å². The SMILES string of the molecule is CCONC(=COc1ccc(CC(OCC)C(=O)O)cc1)c1ccc(-c2ccccc2)cc1. The summed E-state index contributed by atoms with van der Waals surface area (Å²) in [4.78, 5) is 16.7. The van der Waals surface area contributed by atoms with E-state index < -0.39 is 12.1 Å². The minimum Gasteiger partial charge on any atom is -0.479 e. The van der Waals surface area contributed by atoms with E-state index in [-0.39, 0.29) is 0 Å². The number of carboxylic acids is 1. The van der Waals surface area contributed by atoms with Crippen LogP contribution in [0.5, 0.6) is 5.75 Å². The van der Waals surface area contributed by atoms with Crippen LogP contribution in [0, 0.1) is 0 Å². The van der Waals surface area contributed by atoms with Crippen LogP contribution in [0.3, 0.4) is 0 Å². The maximum Gasteiger partial charge on any atom is 0.333 e. The van der Waals surface area contributed by atoms with Crippen LogP contribution in [0.4, 0.5) is 0 Å². The zero-order valence-corrected chi connectivity index (χ0v) is 18.9. The van der Waals surface area contributed by atoms with Crippen molar-refractivity contribution in [3.8, 4) is 16.9 Å². The Morgan fingerprint density at radius 2 is 1.58 bits per heavy atom. The van der Waals surface area contributed by atoms with Crippen LogP contribution in [0.15, 0.2) is 85.1 Å². The molecule has 0 aliphatic rings. The zero-order valence-electron chi connectivity index (χ0n) is 18.9. The van der Waals surface area contributed by atoms with Gasteiger partial charge in [-0.15, -0.1) is 0 Å². The summed E-state index contributed by atoms with van der Waals surface area (Å²) in [5.74, 6) is -0.344. The number of hydrogen-bond acceptors (Lipinski definition) is 5. The Balaban J connectivity index is 1.71. The molecule has 0 spiro atoms. The highest BCUT2D eigenvalue weighted by Crippen LogP contribution is 2.22. The Hall–Kier alpha value is -3.61. The lowest BCUT2D eigenvalue weighted by Crippen LogP contribution is -2.26. The number of aliphatic carboxylic acids is 1. The Kier molecular flexibility index (Phi) is 9.06. The molecule has 0 radical (unpaired) electrons. The predicted octanol–water partition coefficient (Wildman–Crippen LogP) is 5.30. The molecule has 0 fully saturated rings. The summed E-state index contributed by atoms with van der Waals surface area (Å²) in [5.41, 5.74) is 7.67. The third-order valence-corrected chi connectivity index (χ3v) is 4.93. The predicted molar refractivity (Wildman–Crippen MR) is 128 cm³/mol. The Morgan fingerprint density at radius 1 is 0.909 bits per heavy atom. The minimum atomic E-state index is -0.968. The fraction of sp³-hybridized carbons (Fsp3) is 0.222. The third kappa shape index (κ3) is 7.20. The highest BCUT2D eigenvalue weighted by Gasteiger charge is 2.17. The molecule has 172 valence electrons. The molecule has 0 saturated heterocycles. The quantitative estimate of drug-likeness (QED) is 0.290. The summed E-state index contributed by atoms with van der Waals surface area (Å²) in [6.07, 6.45) is 1.04. The van der Waals surface area contributed by atoms with E-state index in [0.29, 0.717) is 31.1 Å². The first-order valence-electron chi connectivity index (χ1n) is 10.9. The Morgan fingerprint density at radius 3 is 2.18 bits per heavy atom. The molecule has 0 aliphatic heterocycles. The number of benzene rings is 3. The minimum absolute atomic E-state index is 0.296. The number of rotatable bonds is 12. The molecule has 6 heteroatoms. The molecule has 3 aromatic carbocycles. The number of carboxylic acid groups (broad SMARTS) is 1. The topological polar surface area (TPSA) is 77.0 Å². The normalized spacial score (nSPS) is 12.2. The summed E-state index contributed by atoms with van der Waals surface area (Å²) in [7, 11) is 0. The van der Waals surface area contributed by atoms with Gasteiger partial charge in [-0.25, -0.2) is 4.79 Å². The summed E-state index contributed by atoms with van der Waals surface area (Å²) in [5, 5.41) is 9.25. The van der Waals surface area contributed by atoms with Gasteiger partial charge in [-0.1, -0.05) is 66.7 Å². The van der Waals surface area contributed by atoms with Crippen LogP contribution in [-0.4, -0.2) is 30.4 Å². The second kappa shape index (κ2) is 12.4. The average molecular weight is 448 g/mol. The molecule has 3 aromatic rings. The van der Waals surface area contributed by atoms with Gasteiger partial charge in [0.25, 0.3) is 0 Å². The lowest BCUT2D eigenvalue weighted by molar-refractivity contribution is -0.149. The van der Waals surface area contributed by atoms with Gasteiger partial charge in [0.2, 0.25) is 0 Å². The molecule has 0 heterocycles. The highest BCUT2D eigenvalue weighted by atomic mass is 16.6. The number of hydroxylamine groups is 1. The fourth-order valence-electron chi connectivity index (χ4n) is 3.24. The number of hydrogen-bond donors (Lipinski definition) is 2. The largest absolute Gasteiger partial charge is 0.479 e. The van der Waals surface area contributed by atoms with Crippen LogP contribution < -0.4 is 10.2 Å². The van der Waals surface area contributed by atoms with E-state index in [1.807, 2.05) is 49.4 Å². The van der Waals surface area contributed by atoms with Crippen molar-refractivity contribution >= 4 is 11.7 Å². The second-order valence-corrected chi connectivity index (χ2v) is 7.26. The van der Waals surface area contributed by atoms with Crippen molar-refractivity contribution in [2.45, 2.75) is 26.4 Å². The van der Waals surface area contributed by atoms with E-state index in [1.165, 1.54) is 0 Å². The monoisotopic (exact) mass is 447 g/mol. The van der Waals surface area contributed by atoms with Crippen LogP contribution in [0.1, 0.15) is 25.0 Å². The first-order valence-corrected chi connectivity index (χ1v) is 10.9. The molecular formula is C27H29NO5. The zero-order chi connectivity index (χ0) is 23.5. The van der Waals surface area contributed by atoms with Crippen molar-refractivity contribution in [1.82, 2.24) is 5.48 Å². The van der Waals surface area contributed by atoms with E-state index in [9.17, 15) is 9.90 Å². The van der Waals surface area contributed by atoms with Gasteiger partial charge >= 0.3 is 5.97 Å². The van der Waals surface area contributed by atoms with E-state index in [4.69, 9.17) is 14.3 Å². The van der Waals surface area contributed by atoms with Gasteiger partial charge in [-0.05, 0) is 42.7 Å². The van der Waals surface area contributed by atoms with E-state index in [0.717, 1.165) is 22.3 Å². The lowest BCUT2D eigenvalue weighted by Gasteiger charge is -2.13. The van der Waals surface area contributed by atoms with Gasteiger partial charge in [-0.2, -0.15) is 0 Å². The first kappa shape index (κ1) is 24.0. The summed E-state index contributed by atoms with van der Waals surface area (Å²) >= 11 is 0. The molecule has 1 atom stereocenters. The molecule has 33 heavy (non-hydrogen) atoms. The summed E-state index contributed by atoms with van der Waals surface area (Å²) in [6.45, 7) is 4.53. The third-order valence-electron chi connectivity index (χ3n) is 4.93. The van der Waals surface area contributed by atoms with Crippen molar-refractivity contribution in [1.29, 1.82) is 0 Å². The lowest BCUT2D eigenvalue weighted by atomic mass is 10.0. The second-order valence-electron chi connectivity index (χ2n) is 7.26. The van der Waals surface area contributed by atoms with E-state index in [2.05, 4.69) is 29.7 Å². The average Bonchev–Trinajstić information content (AvgIpc) is 2.85. The highest BCUT2D eigenvalue weighted by molar-refractivity contribution is 5.72. The number of carbonyl (C=O) groups is 1. The molecule has 0 bridgehead atoms. The molecule has 2 N–H and O–H groups in total. The van der Waals surface area contributed by atoms with Crippen molar-refractivity contribution < 1.29 is 24.2 Å². The maximum absolute atomic E-state index is 11.3. The van der Waals surface area contributed by atoms with Gasteiger partial charge in [-0.3, -0.25) is 10.3 Å². The summed E-state index contributed by atoms with van der Waals surface area (Å²) in [6, 6.07) is 25.6. The van der Waals surface area contributed by atoms with Gasteiger partial charge < -0.3 is 14.6 Å². The molecule has 0 saturated carbocycles. The summed E-state index contributed by atoms with van der Waals surface area (Å²) < 4.78 is 11.1. The molecule has 1 unspecified atom stereocenters. The van der Waals surface area contributed by atoms with E-state index >= 15 is 0 Å². The van der Waals surface area contributed by atoms with Gasteiger partial charge in [0.1, 0.15) is 17.7 Å². The Bertz CT molecular complexity index is 1030.